The van der Waals surface area contributed by atoms with Gasteiger partial charge in [0.1, 0.15) is 10.2 Å². The summed E-state index contributed by atoms with van der Waals surface area (Å²) in [6, 6.07) is 0. The summed E-state index contributed by atoms with van der Waals surface area (Å²) in [5.41, 5.74) is 0. The van der Waals surface area contributed by atoms with E-state index < -0.39 is 20.0 Å². The third kappa shape index (κ3) is 1.22. The Morgan fingerprint density at radius 2 is 1.25 bits per heavy atom. The first-order valence-electron chi connectivity index (χ1n) is 1.77. The van der Waals surface area contributed by atoms with Crippen molar-refractivity contribution < 1.29 is 15.5 Å². The van der Waals surface area contributed by atoms with Crippen molar-refractivity contribution in [1.29, 1.82) is 0 Å². The van der Waals surface area contributed by atoms with Crippen molar-refractivity contribution in [3.8, 4) is 0 Å². The van der Waals surface area contributed by atoms with Crippen LogP contribution in [0.3, 0.4) is 0 Å². The summed E-state index contributed by atoms with van der Waals surface area (Å²) in [6.45, 7) is 0. The van der Waals surface area contributed by atoms with Gasteiger partial charge >= 0.3 is 0 Å². The number of rotatable bonds is 0. The van der Waals surface area contributed by atoms with Gasteiger partial charge in [-0.05, 0) is 0 Å². The summed E-state index contributed by atoms with van der Waals surface area (Å²) in [7, 11) is -7.36. The zero-order valence-electron chi connectivity index (χ0n) is 3.74. The minimum absolute atomic E-state index is 0.594. The molecule has 0 atom stereocenters. The lowest BCUT2D eigenvalue weighted by Gasteiger charge is -2.55. The van der Waals surface area contributed by atoms with Crippen LogP contribution in [0, 0.1) is 0 Å². The van der Waals surface area contributed by atoms with Crippen LogP contribution in [-0.4, -0.2) is 10.2 Å². The maximum absolute atomic E-state index is 11.7. The predicted octanol–water partition coefficient (Wildman–Crippen LogP) is 3.06. The van der Waals surface area contributed by atoms with Crippen molar-refractivity contribution in [1.82, 2.24) is 0 Å². The first-order valence-corrected chi connectivity index (χ1v) is 5.32. The van der Waals surface area contributed by atoms with Crippen LogP contribution in [-0.2, 0) is 0 Å². The van der Waals surface area contributed by atoms with Gasteiger partial charge in [0.2, 0.25) is 0 Å². The normalized spacial score (nSPS) is 46.5. The SMILES string of the molecule is FS1(F)(F)(F)CSC1. The van der Waals surface area contributed by atoms with E-state index in [4.69, 9.17) is 0 Å². The van der Waals surface area contributed by atoms with Crippen molar-refractivity contribution >= 4 is 21.6 Å². The van der Waals surface area contributed by atoms with Crippen LogP contribution in [0.5, 0.6) is 0 Å². The fourth-order valence-corrected chi connectivity index (χ4v) is 3.02. The Morgan fingerprint density at radius 1 is 1.00 bits per heavy atom. The third-order valence-corrected chi connectivity index (χ3v) is 6.21. The molecule has 0 unspecified atom stereocenters. The molecule has 1 fully saturated rings. The van der Waals surface area contributed by atoms with Crippen molar-refractivity contribution in [3.05, 3.63) is 0 Å². The lowest BCUT2D eigenvalue weighted by atomic mass is 11.8. The van der Waals surface area contributed by atoms with Gasteiger partial charge in [0, 0.05) is 0 Å². The molecule has 0 saturated carbocycles. The highest BCUT2D eigenvalue weighted by molar-refractivity contribution is 8.63. The first-order chi connectivity index (χ1) is 3.21. The summed E-state index contributed by atoms with van der Waals surface area (Å²) in [6.07, 6.45) is 0. The van der Waals surface area contributed by atoms with Gasteiger partial charge in [0.05, 0.1) is 0 Å². The fraction of sp³-hybridized carbons (Fsp3) is 1.00. The lowest BCUT2D eigenvalue weighted by molar-refractivity contribution is 0.460. The molecule has 0 spiro atoms. The summed E-state index contributed by atoms with van der Waals surface area (Å²) >= 11 is 0.594. The van der Waals surface area contributed by atoms with Gasteiger partial charge in [0.25, 0.3) is 0 Å². The maximum atomic E-state index is 11.7. The average molecular weight is 168 g/mol. The van der Waals surface area contributed by atoms with E-state index in [1.54, 1.807) is 0 Å². The lowest BCUT2D eigenvalue weighted by Crippen LogP contribution is -2.27. The van der Waals surface area contributed by atoms with E-state index >= 15 is 0 Å². The van der Waals surface area contributed by atoms with Crippen molar-refractivity contribution in [3.63, 3.8) is 0 Å². The van der Waals surface area contributed by atoms with Crippen molar-refractivity contribution in [2.75, 3.05) is 10.2 Å². The molecule has 1 rings (SSSR count). The molecule has 0 aromatic rings. The van der Waals surface area contributed by atoms with Gasteiger partial charge in [-0.2, -0.15) is 0 Å². The Balaban J connectivity index is 2.91. The van der Waals surface area contributed by atoms with Crippen LogP contribution in [0.1, 0.15) is 0 Å². The second-order valence-electron chi connectivity index (χ2n) is 1.87. The van der Waals surface area contributed by atoms with Crippen molar-refractivity contribution in [2.24, 2.45) is 0 Å². The topological polar surface area (TPSA) is 0 Å². The summed E-state index contributed by atoms with van der Waals surface area (Å²) in [4.78, 5) is 0. The van der Waals surface area contributed by atoms with Gasteiger partial charge < -0.3 is 0 Å². The van der Waals surface area contributed by atoms with Gasteiger partial charge in [-0.1, -0.05) is 0 Å². The largest absolute Gasteiger partial charge is 0.179 e. The zero-order chi connectivity index (χ0) is 6.53. The van der Waals surface area contributed by atoms with Crippen LogP contribution < -0.4 is 0 Å². The molecule has 0 aromatic carbocycles. The third-order valence-electron chi connectivity index (χ3n) is 0.690. The van der Waals surface area contributed by atoms with Crippen LogP contribution >= 0.6 is 21.6 Å². The molecule has 0 aliphatic carbocycles. The predicted molar refractivity (Wildman–Crippen MR) is 29.3 cm³/mol. The summed E-state index contributed by atoms with van der Waals surface area (Å²) < 4.78 is 46.7. The fourth-order valence-electron chi connectivity index (χ4n) is 0.335. The van der Waals surface area contributed by atoms with E-state index in [1.807, 2.05) is 0 Å². The van der Waals surface area contributed by atoms with Crippen LogP contribution in [0.15, 0.2) is 0 Å². The smallest absolute Gasteiger partial charge is 0.127 e. The molecule has 1 heterocycles. The molecule has 0 bridgehead atoms. The summed E-state index contributed by atoms with van der Waals surface area (Å²) in [5, 5.41) is -2.50. The van der Waals surface area contributed by atoms with E-state index in [0.29, 0.717) is 11.8 Å². The van der Waals surface area contributed by atoms with Gasteiger partial charge in [-0.15, -0.1) is 27.3 Å². The molecule has 0 nitrogen and oxygen atoms in total. The van der Waals surface area contributed by atoms with E-state index in [2.05, 4.69) is 0 Å². The second-order valence-corrected chi connectivity index (χ2v) is 7.01. The molecule has 0 aromatic heterocycles. The molecule has 1 aliphatic heterocycles. The standard InChI is InChI=1S/C2H4F4S2/c3-8(4,5,6)1-7-2-8/h1-2H2. The van der Waals surface area contributed by atoms with E-state index in [9.17, 15) is 15.5 Å². The Kier molecular flexibility index (Phi) is 0.737. The molecule has 0 amide bonds. The van der Waals surface area contributed by atoms with Gasteiger partial charge in [0.15, 0.2) is 9.84 Å². The Labute approximate surface area is 48.1 Å². The molecule has 8 heavy (non-hydrogen) atoms. The van der Waals surface area contributed by atoms with Crippen LogP contribution in [0.2, 0.25) is 0 Å². The quantitative estimate of drug-likeness (QED) is 0.501. The van der Waals surface area contributed by atoms with Crippen LogP contribution in [0.25, 0.3) is 0 Å². The molecular weight excluding hydrogens is 164 g/mol. The Bertz CT molecular complexity index is 121. The monoisotopic (exact) mass is 168 g/mol. The Morgan fingerprint density at radius 3 is 1.25 bits per heavy atom. The van der Waals surface area contributed by atoms with Crippen LogP contribution in [0.4, 0.5) is 15.5 Å². The molecule has 1 saturated heterocycles. The summed E-state index contributed by atoms with van der Waals surface area (Å²) in [5.74, 6) is 0. The highest BCUT2D eigenvalue weighted by Crippen LogP contribution is 3.03. The second kappa shape index (κ2) is 0.901. The van der Waals surface area contributed by atoms with E-state index in [0.717, 1.165) is 0 Å². The molecule has 52 valence electrons. The number of hydrogen-bond donors (Lipinski definition) is 0. The highest BCUT2D eigenvalue weighted by Gasteiger charge is 2.68. The molecule has 6 heteroatoms. The average Bonchev–Trinajstić information content (AvgIpc) is 1.26. The maximum Gasteiger partial charge on any atom is 0.179 e. The van der Waals surface area contributed by atoms with E-state index in [1.165, 1.54) is 0 Å². The minimum atomic E-state index is -7.36. The molecule has 1 aliphatic rings. The highest BCUT2D eigenvalue weighted by atomic mass is 32.5. The van der Waals surface area contributed by atoms with Gasteiger partial charge in [-0.25, -0.2) is 0 Å². The number of thioether (sulfide) groups is 1. The molecule has 0 radical (unpaired) electrons. The zero-order valence-corrected chi connectivity index (χ0v) is 5.38. The molecule has 0 N–H and O–H groups in total. The first kappa shape index (κ1) is 6.54. The van der Waals surface area contributed by atoms with Crippen molar-refractivity contribution in [2.45, 2.75) is 0 Å². The van der Waals surface area contributed by atoms with E-state index in [-0.39, 0.29) is 0 Å². The number of hydrogen-bond acceptors (Lipinski definition) is 1. The Hall–Kier alpha value is 0.420. The molecular formula is C2H4F4S2. The van der Waals surface area contributed by atoms with Gasteiger partial charge in [-0.3, -0.25) is 0 Å². The number of halogens is 4. The minimum Gasteiger partial charge on any atom is -0.127 e.